The number of piperazine rings is 1. The molecule has 0 aromatic rings. The minimum absolute atomic E-state index is 0. The summed E-state index contributed by atoms with van der Waals surface area (Å²) in [6, 6.07) is 0.192. The second-order valence-corrected chi connectivity index (χ2v) is 9.74. The van der Waals surface area contributed by atoms with E-state index in [0.717, 1.165) is 58.3 Å². The largest absolute Gasteiger partial charge is 0.377 e. The van der Waals surface area contributed by atoms with Crippen molar-refractivity contribution < 1.29 is 9.53 Å². The minimum Gasteiger partial charge on any atom is -0.377 e. The Labute approximate surface area is 200 Å². The first kappa shape index (κ1) is 27.4. The summed E-state index contributed by atoms with van der Waals surface area (Å²) in [5, 5.41) is 6.44. The van der Waals surface area contributed by atoms with Gasteiger partial charge in [0.15, 0.2) is 5.96 Å². The molecule has 0 spiro atoms. The summed E-state index contributed by atoms with van der Waals surface area (Å²) in [6.45, 7) is 19.5. The standard InChI is InChI=1S/C22H43N5O2.HI/c1-7-23-21(24-15-18-9-8-14-29-20(18)22(4,5)6)27-12-10-26(11-13-27)16-19(28)25-17(2)3;/h17-18,20H,7-16H2,1-6H3,(H,23,24)(H,25,28);1H. The number of amides is 1. The van der Waals surface area contributed by atoms with E-state index in [9.17, 15) is 4.79 Å². The second-order valence-electron chi connectivity index (χ2n) is 9.74. The van der Waals surface area contributed by atoms with E-state index < -0.39 is 0 Å². The zero-order chi connectivity index (χ0) is 21.4. The van der Waals surface area contributed by atoms with Crippen LogP contribution in [0.5, 0.6) is 0 Å². The molecule has 2 saturated heterocycles. The Morgan fingerprint density at radius 2 is 1.87 bits per heavy atom. The minimum atomic E-state index is 0. The van der Waals surface area contributed by atoms with Crippen LogP contribution in [-0.4, -0.2) is 86.2 Å². The van der Waals surface area contributed by atoms with Gasteiger partial charge in [-0.2, -0.15) is 0 Å². The molecule has 30 heavy (non-hydrogen) atoms. The molecule has 0 bridgehead atoms. The Hall–Kier alpha value is -0.610. The molecule has 2 fully saturated rings. The predicted molar refractivity (Wildman–Crippen MR) is 135 cm³/mol. The van der Waals surface area contributed by atoms with E-state index in [4.69, 9.17) is 9.73 Å². The van der Waals surface area contributed by atoms with E-state index in [2.05, 4.69) is 48.1 Å². The maximum atomic E-state index is 12.0. The fourth-order valence-electron chi connectivity index (χ4n) is 4.31. The van der Waals surface area contributed by atoms with E-state index in [-0.39, 0.29) is 47.4 Å². The highest BCUT2D eigenvalue weighted by molar-refractivity contribution is 14.0. The fourth-order valence-corrected chi connectivity index (χ4v) is 4.31. The average molecular weight is 538 g/mol. The van der Waals surface area contributed by atoms with Gasteiger partial charge in [-0.25, -0.2) is 0 Å². The molecule has 0 aromatic heterocycles. The smallest absolute Gasteiger partial charge is 0.234 e. The topological polar surface area (TPSA) is 69.2 Å². The van der Waals surface area contributed by atoms with Gasteiger partial charge >= 0.3 is 0 Å². The first-order valence-electron chi connectivity index (χ1n) is 11.4. The summed E-state index contributed by atoms with van der Waals surface area (Å²) < 4.78 is 6.12. The fraction of sp³-hybridized carbons (Fsp3) is 0.909. The van der Waals surface area contributed by atoms with Crippen molar-refractivity contribution in [2.24, 2.45) is 16.3 Å². The van der Waals surface area contributed by atoms with Gasteiger partial charge in [0, 0.05) is 57.8 Å². The van der Waals surface area contributed by atoms with Gasteiger partial charge in [-0.05, 0) is 39.0 Å². The number of carbonyl (C=O) groups excluding carboxylic acids is 1. The molecule has 2 N–H and O–H groups in total. The summed E-state index contributed by atoms with van der Waals surface area (Å²) in [7, 11) is 0. The average Bonchev–Trinajstić information content (AvgIpc) is 2.64. The van der Waals surface area contributed by atoms with Crippen LogP contribution in [0.3, 0.4) is 0 Å². The van der Waals surface area contributed by atoms with Crippen molar-refractivity contribution >= 4 is 35.8 Å². The lowest BCUT2D eigenvalue weighted by molar-refractivity contribution is -0.123. The molecule has 7 nitrogen and oxygen atoms in total. The zero-order valence-electron chi connectivity index (χ0n) is 19.9. The van der Waals surface area contributed by atoms with Crippen molar-refractivity contribution in [1.29, 1.82) is 0 Å². The molecular formula is C22H44IN5O2. The van der Waals surface area contributed by atoms with E-state index in [1.807, 2.05) is 13.8 Å². The van der Waals surface area contributed by atoms with Crippen LogP contribution in [0.4, 0.5) is 0 Å². The van der Waals surface area contributed by atoms with Crippen LogP contribution in [-0.2, 0) is 9.53 Å². The van der Waals surface area contributed by atoms with Crippen LogP contribution in [0.25, 0.3) is 0 Å². The third-order valence-corrected chi connectivity index (χ3v) is 5.60. The van der Waals surface area contributed by atoms with Gasteiger partial charge in [-0.15, -0.1) is 24.0 Å². The van der Waals surface area contributed by atoms with E-state index >= 15 is 0 Å². The van der Waals surface area contributed by atoms with Gasteiger partial charge in [0.05, 0.1) is 12.6 Å². The molecule has 2 unspecified atom stereocenters. The van der Waals surface area contributed by atoms with Crippen LogP contribution in [0.1, 0.15) is 54.4 Å². The van der Waals surface area contributed by atoms with Gasteiger partial charge in [0.25, 0.3) is 0 Å². The number of ether oxygens (including phenoxy) is 1. The number of hydrogen-bond acceptors (Lipinski definition) is 4. The molecule has 1 amide bonds. The Bertz CT molecular complexity index is 542. The summed E-state index contributed by atoms with van der Waals surface area (Å²) >= 11 is 0. The molecule has 8 heteroatoms. The Balaban J connectivity index is 0.00000450. The normalized spacial score (nSPS) is 23.8. The maximum Gasteiger partial charge on any atom is 0.234 e. The molecule has 0 aliphatic carbocycles. The monoisotopic (exact) mass is 537 g/mol. The Kier molecular flexibility index (Phi) is 11.9. The second kappa shape index (κ2) is 13.1. The maximum absolute atomic E-state index is 12.0. The zero-order valence-corrected chi connectivity index (χ0v) is 22.2. The summed E-state index contributed by atoms with van der Waals surface area (Å²) in [5.74, 6) is 1.58. The van der Waals surface area contributed by atoms with Gasteiger partial charge in [-0.1, -0.05) is 20.8 Å². The molecule has 0 aromatic carbocycles. The van der Waals surface area contributed by atoms with Gasteiger partial charge in [0.2, 0.25) is 5.91 Å². The van der Waals surface area contributed by atoms with Crippen LogP contribution in [0.2, 0.25) is 0 Å². The molecule has 2 aliphatic heterocycles. The Morgan fingerprint density at radius 1 is 1.20 bits per heavy atom. The number of rotatable bonds is 6. The van der Waals surface area contributed by atoms with Crippen molar-refractivity contribution in [3.8, 4) is 0 Å². The van der Waals surface area contributed by atoms with Gasteiger partial charge in [-0.3, -0.25) is 14.7 Å². The summed E-state index contributed by atoms with van der Waals surface area (Å²) in [5.41, 5.74) is 0.140. The Morgan fingerprint density at radius 3 is 2.43 bits per heavy atom. The lowest BCUT2D eigenvalue weighted by Crippen LogP contribution is -2.54. The SMILES string of the molecule is CCNC(=NCC1CCCOC1C(C)(C)C)N1CCN(CC(=O)NC(C)C)CC1.I. The van der Waals surface area contributed by atoms with Crippen molar-refractivity contribution in [2.45, 2.75) is 66.5 Å². The summed E-state index contributed by atoms with van der Waals surface area (Å²) in [4.78, 5) is 21.6. The van der Waals surface area contributed by atoms with Crippen LogP contribution in [0.15, 0.2) is 4.99 Å². The first-order valence-corrected chi connectivity index (χ1v) is 11.4. The number of aliphatic imine (C=N–C) groups is 1. The van der Waals surface area contributed by atoms with Crippen molar-refractivity contribution in [2.75, 3.05) is 52.4 Å². The van der Waals surface area contributed by atoms with Crippen molar-refractivity contribution in [3.05, 3.63) is 0 Å². The lowest BCUT2D eigenvalue weighted by atomic mass is 9.78. The number of nitrogens with zero attached hydrogens (tertiary/aromatic N) is 3. The number of carbonyl (C=O) groups is 1. The highest BCUT2D eigenvalue weighted by atomic mass is 127. The van der Waals surface area contributed by atoms with Gasteiger partial charge < -0.3 is 20.3 Å². The molecule has 2 aliphatic rings. The van der Waals surface area contributed by atoms with Crippen molar-refractivity contribution in [3.63, 3.8) is 0 Å². The highest BCUT2D eigenvalue weighted by Crippen LogP contribution is 2.34. The number of hydrogen-bond donors (Lipinski definition) is 2. The van der Waals surface area contributed by atoms with Crippen LogP contribution >= 0.6 is 24.0 Å². The van der Waals surface area contributed by atoms with E-state index in [1.54, 1.807) is 0 Å². The summed E-state index contributed by atoms with van der Waals surface area (Å²) in [6.07, 6.45) is 2.57. The molecular weight excluding hydrogens is 493 g/mol. The van der Waals surface area contributed by atoms with Crippen molar-refractivity contribution in [1.82, 2.24) is 20.4 Å². The van der Waals surface area contributed by atoms with Crippen LogP contribution < -0.4 is 10.6 Å². The van der Waals surface area contributed by atoms with E-state index in [0.29, 0.717) is 12.5 Å². The molecule has 2 rings (SSSR count). The third kappa shape index (κ3) is 8.86. The number of guanidine groups is 1. The molecule has 0 radical (unpaired) electrons. The van der Waals surface area contributed by atoms with Crippen LogP contribution in [0, 0.1) is 11.3 Å². The third-order valence-electron chi connectivity index (χ3n) is 5.60. The predicted octanol–water partition coefficient (Wildman–Crippen LogP) is 2.55. The van der Waals surface area contributed by atoms with E-state index in [1.165, 1.54) is 6.42 Å². The lowest BCUT2D eigenvalue weighted by Gasteiger charge is -2.40. The quantitative estimate of drug-likeness (QED) is 0.310. The molecule has 2 heterocycles. The number of nitrogens with one attached hydrogen (secondary N) is 2. The highest BCUT2D eigenvalue weighted by Gasteiger charge is 2.35. The molecule has 2 atom stereocenters. The first-order chi connectivity index (χ1) is 13.7. The molecule has 0 saturated carbocycles. The van der Waals surface area contributed by atoms with Gasteiger partial charge in [0.1, 0.15) is 0 Å². The molecule has 176 valence electrons. The number of halogens is 1.